The summed E-state index contributed by atoms with van der Waals surface area (Å²) in [6.07, 6.45) is 0.456. The lowest BCUT2D eigenvalue weighted by molar-refractivity contribution is -0.201. The molecule has 216 valence electrons. The minimum absolute atomic E-state index is 0.00280. The van der Waals surface area contributed by atoms with Crippen LogP contribution in [0.1, 0.15) is 57.8 Å². The van der Waals surface area contributed by atoms with Crippen molar-refractivity contribution in [3.63, 3.8) is 0 Å². The molecule has 0 aliphatic carbocycles. The molecule has 0 saturated carbocycles. The van der Waals surface area contributed by atoms with Crippen molar-refractivity contribution in [2.24, 2.45) is 11.5 Å². The Bertz CT molecular complexity index is 894. The lowest BCUT2D eigenvalue weighted by Gasteiger charge is -2.24. The minimum Gasteiger partial charge on any atom is -0.343 e. The van der Waals surface area contributed by atoms with Crippen LogP contribution in [0.3, 0.4) is 0 Å². The zero-order chi connectivity index (χ0) is 28.9. The first-order valence-corrected chi connectivity index (χ1v) is 12.7. The van der Waals surface area contributed by atoms with Gasteiger partial charge in [0.2, 0.25) is 11.8 Å². The van der Waals surface area contributed by atoms with Crippen LogP contribution in [0.5, 0.6) is 0 Å². The molecule has 39 heavy (non-hydrogen) atoms. The Kier molecular flexibility index (Phi) is 12.4. The van der Waals surface area contributed by atoms with E-state index in [9.17, 15) is 38.4 Å². The first-order valence-electron chi connectivity index (χ1n) is 12.7. The second-order valence-electron chi connectivity index (χ2n) is 8.86. The van der Waals surface area contributed by atoms with Crippen LogP contribution < -0.4 is 11.5 Å². The fourth-order valence-corrected chi connectivity index (χ4v) is 3.75. The molecule has 0 aromatic rings. The third kappa shape index (κ3) is 9.72. The molecule has 2 aliphatic heterocycles. The van der Waals surface area contributed by atoms with Crippen molar-refractivity contribution in [1.82, 2.24) is 19.9 Å². The standard InChI is InChI=1S/C23H34N6O10/c24-10-2-12-26(13-3-11-25)16(30)4-1-5-17(31)27(14-22(36)38-28-18(32)6-7-19(28)33)15-23(37)39-29-20(34)8-9-21(29)35/h1-15,24-25H2. The van der Waals surface area contributed by atoms with E-state index in [0.717, 1.165) is 4.90 Å². The zero-order valence-corrected chi connectivity index (χ0v) is 21.6. The largest absolute Gasteiger partial charge is 0.352 e. The summed E-state index contributed by atoms with van der Waals surface area (Å²) < 4.78 is 0. The van der Waals surface area contributed by atoms with Crippen molar-refractivity contribution < 1.29 is 48.0 Å². The van der Waals surface area contributed by atoms with Gasteiger partial charge in [-0.3, -0.25) is 28.8 Å². The Morgan fingerprint density at radius 1 is 0.615 bits per heavy atom. The summed E-state index contributed by atoms with van der Waals surface area (Å²) in [6, 6.07) is 0. The van der Waals surface area contributed by atoms with E-state index in [1.807, 2.05) is 0 Å². The van der Waals surface area contributed by atoms with Crippen molar-refractivity contribution >= 4 is 47.4 Å². The van der Waals surface area contributed by atoms with Crippen LogP contribution in [-0.2, 0) is 48.0 Å². The van der Waals surface area contributed by atoms with Crippen molar-refractivity contribution in [1.29, 1.82) is 0 Å². The molecule has 0 aromatic heterocycles. The lowest BCUT2D eigenvalue weighted by Crippen LogP contribution is -2.44. The van der Waals surface area contributed by atoms with E-state index in [0.29, 0.717) is 49.1 Å². The average molecular weight is 555 g/mol. The topological polar surface area (TPSA) is 220 Å². The second-order valence-corrected chi connectivity index (χ2v) is 8.86. The van der Waals surface area contributed by atoms with Gasteiger partial charge in [-0.05, 0) is 32.4 Å². The third-order valence-corrected chi connectivity index (χ3v) is 5.79. The monoisotopic (exact) mass is 554 g/mol. The van der Waals surface area contributed by atoms with Crippen LogP contribution >= 0.6 is 0 Å². The molecule has 6 amide bonds. The molecule has 2 saturated heterocycles. The van der Waals surface area contributed by atoms with E-state index in [1.54, 1.807) is 4.90 Å². The Morgan fingerprint density at radius 2 is 0.974 bits per heavy atom. The second kappa shape index (κ2) is 15.5. The highest BCUT2D eigenvalue weighted by atomic mass is 16.7. The normalized spacial score (nSPS) is 15.1. The van der Waals surface area contributed by atoms with E-state index >= 15 is 0 Å². The number of hydrogen-bond acceptors (Lipinski definition) is 12. The van der Waals surface area contributed by atoms with Gasteiger partial charge in [0.1, 0.15) is 13.1 Å². The molecule has 0 bridgehead atoms. The van der Waals surface area contributed by atoms with Gasteiger partial charge in [0, 0.05) is 51.6 Å². The molecule has 16 heteroatoms. The Labute approximate surface area is 224 Å². The number of amides is 6. The van der Waals surface area contributed by atoms with E-state index in [4.69, 9.17) is 21.1 Å². The number of carbonyl (C=O) groups is 8. The zero-order valence-electron chi connectivity index (χ0n) is 21.6. The first-order chi connectivity index (χ1) is 18.6. The van der Waals surface area contributed by atoms with Crippen molar-refractivity contribution in [3.05, 3.63) is 0 Å². The third-order valence-electron chi connectivity index (χ3n) is 5.79. The van der Waals surface area contributed by atoms with E-state index in [-0.39, 0.29) is 50.9 Å². The molecule has 16 nitrogen and oxygen atoms in total. The van der Waals surface area contributed by atoms with Crippen LogP contribution in [0, 0.1) is 0 Å². The number of imide groups is 2. The van der Waals surface area contributed by atoms with Gasteiger partial charge in [-0.25, -0.2) is 9.59 Å². The maximum Gasteiger partial charge on any atom is 0.352 e. The maximum atomic E-state index is 12.9. The molecule has 0 atom stereocenters. The number of hydroxylamine groups is 4. The summed E-state index contributed by atoms with van der Waals surface area (Å²) in [6.45, 7) is -0.0194. The average Bonchev–Trinajstić information content (AvgIpc) is 3.38. The van der Waals surface area contributed by atoms with Crippen LogP contribution in [-0.4, -0.2) is 107 Å². The smallest absolute Gasteiger partial charge is 0.343 e. The molecule has 2 heterocycles. The van der Waals surface area contributed by atoms with Crippen LogP contribution in [0.4, 0.5) is 0 Å². The lowest BCUT2D eigenvalue weighted by atomic mass is 10.2. The van der Waals surface area contributed by atoms with Crippen molar-refractivity contribution in [2.45, 2.75) is 57.8 Å². The van der Waals surface area contributed by atoms with Gasteiger partial charge in [0.15, 0.2) is 0 Å². The van der Waals surface area contributed by atoms with Gasteiger partial charge >= 0.3 is 11.9 Å². The van der Waals surface area contributed by atoms with Crippen LogP contribution in [0.2, 0.25) is 0 Å². The van der Waals surface area contributed by atoms with Crippen LogP contribution in [0.15, 0.2) is 0 Å². The molecule has 2 fully saturated rings. The number of carbonyl (C=O) groups excluding carboxylic acids is 8. The quantitative estimate of drug-likeness (QED) is 0.193. The predicted octanol–water partition coefficient (Wildman–Crippen LogP) is -2.27. The first kappa shape index (κ1) is 31.3. The highest BCUT2D eigenvalue weighted by Crippen LogP contribution is 2.14. The minimum atomic E-state index is -1.18. The Hall–Kier alpha value is -3.92. The van der Waals surface area contributed by atoms with Gasteiger partial charge in [-0.2, -0.15) is 0 Å². The van der Waals surface area contributed by atoms with Gasteiger partial charge in [-0.1, -0.05) is 0 Å². The number of nitrogens with two attached hydrogens (primary N) is 2. The van der Waals surface area contributed by atoms with Gasteiger partial charge in [-0.15, -0.1) is 10.1 Å². The van der Waals surface area contributed by atoms with E-state index in [1.165, 1.54) is 0 Å². The molecule has 2 aliphatic rings. The van der Waals surface area contributed by atoms with E-state index in [2.05, 4.69) is 0 Å². The predicted molar refractivity (Wildman–Crippen MR) is 129 cm³/mol. The van der Waals surface area contributed by atoms with E-state index < -0.39 is 54.6 Å². The molecule has 0 spiro atoms. The summed E-state index contributed by atoms with van der Waals surface area (Å²) in [5.74, 6) is -6.25. The van der Waals surface area contributed by atoms with Crippen molar-refractivity contribution in [3.8, 4) is 0 Å². The number of hydrogen-bond donors (Lipinski definition) is 2. The fourth-order valence-electron chi connectivity index (χ4n) is 3.75. The SMILES string of the molecule is NCCCN(CCCN)C(=O)CCCC(=O)N(CC(=O)ON1C(=O)CCC1=O)CC(=O)ON1C(=O)CCC1=O. The number of rotatable bonds is 16. The van der Waals surface area contributed by atoms with Gasteiger partial charge < -0.3 is 30.9 Å². The summed E-state index contributed by atoms with van der Waals surface area (Å²) >= 11 is 0. The van der Waals surface area contributed by atoms with Crippen molar-refractivity contribution in [2.75, 3.05) is 39.3 Å². The fraction of sp³-hybridized carbons (Fsp3) is 0.652. The summed E-state index contributed by atoms with van der Waals surface area (Å²) in [5.41, 5.74) is 11.0. The molecular formula is C23H34N6O10. The van der Waals surface area contributed by atoms with Gasteiger partial charge in [0.25, 0.3) is 23.6 Å². The Morgan fingerprint density at radius 3 is 1.33 bits per heavy atom. The molecular weight excluding hydrogens is 520 g/mol. The molecule has 0 unspecified atom stereocenters. The van der Waals surface area contributed by atoms with Gasteiger partial charge in [0.05, 0.1) is 0 Å². The molecule has 0 radical (unpaired) electrons. The molecule has 2 rings (SSSR count). The number of nitrogens with zero attached hydrogens (tertiary/aromatic N) is 4. The highest BCUT2D eigenvalue weighted by Gasteiger charge is 2.35. The summed E-state index contributed by atoms with van der Waals surface area (Å²) in [7, 11) is 0. The summed E-state index contributed by atoms with van der Waals surface area (Å²) in [4.78, 5) is 109. The van der Waals surface area contributed by atoms with Crippen LogP contribution in [0.25, 0.3) is 0 Å². The molecule has 0 aromatic carbocycles. The maximum absolute atomic E-state index is 12.9. The molecule has 4 N–H and O–H groups in total. The summed E-state index contributed by atoms with van der Waals surface area (Å²) in [5, 5.41) is 0.585. The Balaban J connectivity index is 2.00. The highest BCUT2D eigenvalue weighted by molar-refractivity contribution is 6.02.